The number of Topliss-reactive ketones (excluding diaryl/α,β-unsaturated/α-hetero) is 1. The summed E-state index contributed by atoms with van der Waals surface area (Å²) >= 11 is 1.70. The Bertz CT molecular complexity index is 547. The van der Waals surface area contributed by atoms with E-state index in [9.17, 15) is 4.79 Å². The first kappa shape index (κ1) is 9.91. The Hall–Kier alpha value is -1.28. The Morgan fingerprint density at radius 1 is 1.06 bits per heavy atom. The molecule has 0 saturated heterocycles. The van der Waals surface area contributed by atoms with E-state index in [0.29, 0.717) is 5.78 Å². The molecule has 0 bridgehead atoms. The molecule has 1 atom stereocenters. The lowest BCUT2D eigenvalue weighted by atomic mass is 9.98. The molecule has 2 aromatic rings. The first-order valence-corrected chi connectivity index (χ1v) is 6.39. The molecule has 0 N–H and O–H groups in total. The first-order chi connectivity index (χ1) is 7.83. The fourth-order valence-electron chi connectivity index (χ4n) is 1.91. The maximum atomic E-state index is 11.3. The molecule has 0 amide bonds. The molecule has 0 spiro atoms. The summed E-state index contributed by atoms with van der Waals surface area (Å²) in [7, 11) is 0. The van der Waals surface area contributed by atoms with Crippen molar-refractivity contribution in [1.82, 2.24) is 0 Å². The maximum absolute atomic E-state index is 11.3. The Kier molecular flexibility index (Phi) is 2.44. The van der Waals surface area contributed by atoms with Gasteiger partial charge in [-0.2, -0.15) is 0 Å². The summed E-state index contributed by atoms with van der Waals surface area (Å²) in [6.45, 7) is 0. The number of rotatable bonds is 2. The molecule has 0 heterocycles. The zero-order valence-corrected chi connectivity index (χ0v) is 9.67. The topological polar surface area (TPSA) is 17.1 Å². The minimum Gasteiger partial charge on any atom is -0.298 e. The van der Waals surface area contributed by atoms with Crippen LogP contribution in [0.25, 0.3) is 10.8 Å². The molecule has 80 valence electrons. The minimum atomic E-state index is 0.209. The highest BCUT2D eigenvalue weighted by Crippen LogP contribution is 2.34. The van der Waals surface area contributed by atoms with Crippen molar-refractivity contribution >= 4 is 28.3 Å². The van der Waals surface area contributed by atoms with Crippen molar-refractivity contribution < 1.29 is 4.79 Å². The molecule has 2 heteroatoms. The van der Waals surface area contributed by atoms with Gasteiger partial charge in [-0.15, -0.1) is 11.8 Å². The number of ketones is 1. The van der Waals surface area contributed by atoms with Crippen LogP contribution in [0.15, 0.2) is 47.4 Å². The van der Waals surface area contributed by atoms with E-state index in [2.05, 4.69) is 30.3 Å². The molecule has 1 saturated carbocycles. The van der Waals surface area contributed by atoms with E-state index in [1.165, 1.54) is 15.7 Å². The molecule has 3 rings (SSSR count). The quantitative estimate of drug-likeness (QED) is 0.780. The lowest BCUT2D eigenvalue weighted by Gasteiger charge is -2.23. The minimum absolute atomic E-state index is 0.209. The van der Waals surface area contributed by atoms with E-state index in [4.69, 9.17) is 0 Å². The van der Waals surface area contributed by atoms with Crippen LogP contribution in [0.4, 0.5) is 0 Å². The van der Waals surface area contributed by atoms with E-state index < -0.39 is 0 Å². The van der Waals surface area contributed by atoms with E-state index in [1.54, 1.807) is 11.8 Å². The summed E-state index contributed by atoms with van der Waals surface area (Å²) in [6.07, 6.45) is 1.81. The van der Waals surface area contributed by atoms with E-state index in [1.807, 2.05) is 12.1 Å². The monoisotopic (exact) mass is 228 g/mol. The summed E-state index contributed by atoms with van der Waals surface area (Å²) < 4.78 is 0. The average Bonchev–Trinajstić information content (AvgIpc) is 2.34. The third kappa shape index (κ3) is 1.74. The van der Waals surface area contributed by atoms with Crippen LogP contribution >= 0.6 is 11.8 Å². The van der Waals surface area contributed by atoms with Crippen molar-refractivity contribution in [2.75, 3.05) is 0 Å². The van der Waals surface area contributed by atoms with Gasteiger partial charge in [0.2, 0.25) is 0 Å². The number of carbonyl (C=O) groups is 1. The number of fused-ring (bicyclic) bond motifs is 1. The van der Waals surface area contributed by atoms with Crippen LogP contribution in [0, 0.1) is 0 Å². The van der Waals surface area contributed by atoms with Crippen LogP contribution in [0.1, 0.15) is 12.8 Å². The Morgan fingerprint density at radius 2 is 1.88 bits per heavy atom. The van der Waals surface area contributed by atoms with Gasteiger partial charge in [0.1, 0.15) is 5.78 Å². The molecule has 1 aliphatic rings. The van der Waals surface area contributed by atoms with Crippen molar-refractivity contribution in [3.8, 4) is 0 Å². The lowest BCUT2D eigenvalue weighted by molar-refractivity contribution is -0.122. The van der Waals surface area contributed by atoms with Crippen molar-refractivity contribution in [2.24, 2.45) is 0 Å². The number of benzene rings is 2. The van der Waals surface area contributed by atoms with Gasteiger partial charge in [0, 0.05) is 11.3 Å². The van der Waals surface area contributed by atoms with Crippen molar-refractivity contribution in [1.29, 1.82) is 0 Å². The average molecular weight is 228 g/mol. The SMILES string of the molecule is O=C1CC[C@@H]1Sc1ccc2ccccc2c1. The molecule has 0 aromatic heterocycles. The summed E-state index contributed by atoms with van der Waals surface area (Å²) in [5.74, 6) is 0.401. The third-order valence-electron chi connectivity index (χ3n) is 3.01. The molecule has 0 radical (unpaired) electrons. The van der Waals surface area contributed by atoms with E-state index >= 15 is 0 Å². The molecular formula is C14H12OS. The predicted octanol–water partition coefficient (Wildman–Crippen LogP) is 3.66. The number of thioether (sulfide) groups is 1. The highest BCUT2D eigenvalue weighted by Gasteiger charge is 2.28. The Labute approximate surface area is 98.9 Å². The standard InChI is InChI=1S/C14H12OS/c15-13-7-8-14(13)16-12-6-5-10-3-1-2-4-11(10)9-12/h1-6,9,14H,7-8H2/t14-/m0/s1. The highest BCUT2D eigenvalue weighted by atomic mass is 32.2. The smallest absolute Gasteiger partial charge is 0.146 e. The summed E-state index contributed by atoms with van der Waals surface area (Å²) in [6, 6.07) is 14.7. The van der Waals surface area contributed by atoms with Gasteiger partial charge in [-0.25, -0.2) is 0 Å². The van der Waals surface area contributed by atoms with Gasteiger partial charge in [-0.3, -0.25) is 4.79 Å². The van der Waals surface area contributed by atoms with Gasteiger partial charge in [-0.05, 0) is 29.3 Å². The predicted molar refractivity (Wildman–Crippen MR) is 67.8 cm³/mol. The highest BCUT2D eigenvalue weighted by molar-refractivity contribution is 8.00. The molecule has 16 heavy (non-hydrogen) atoms. The number of carbonyl (C=O) groups excluding carboxylic acids is 1. The fraction of sp³-hybridized carbons (Fsp3) is 0.214. The lowest BCUT2D eigenvalue weighted by Crippen LogP contribution is -2.27. The largest absolute Gasteiger partial charge is 0.298 e. The molecule has 1 fully saturated rings. The molecule has 1 aliphatic carbocycles. The van der Waals surface area contributed by atoms with Crippen molar-refractivity contribution in [3.05, 3.63) is 42.5 Å². The maximum Gasteiger partial charge on any atom is 0.146 e. The van der Waals surface area contributed by atoms with Gasteiger partial charge in [0.05, 0.1) is 5.25 Å². The first-order valence-electron chi connectivity index (χ1n) is 5.51. The molecular weight excluding hydrogens is 216 g/mol. The van der Waals surface area contributed by atoms with Gasteiger partial charge in [0.25, 0.3) is 0 Å². The van der Waals surface area contributed by atoms with Crippen LogP contribution in [-0.4, -0.2) is 11.0 Å². The molecule has 2 aromatic carbocycles. The van der Waals surface area contributed by atoms with Crippen molar-refractivity contribution in [3.63, 3.8) is 0 Å². The van der Waals surface area contributed by atoms with Gasteiger partial charge in [-0.1, -0.05) is 30.3 Å². The van der Waals surface area contributed by atoms with E-state index in [0.717, 1.165) is 12.8 Å². The fourth-order valence-corrected chi connectivity index (χ4v) is 3.06. The van der Waals surface area contributed by atoms with Crippen LogP contribution in [0.5, 0.6) is 0 Å². The van der Waals surface area contributed by atoms with Gasteiger partial charge in [0.15, 0.2) is 0 Å². The number of hydrogen-bond acceptors (Lipinski definition) is 2. The Balaban J connectivity index is 1.90. The molecule has 0 aliphatic heterocycles. The Morgan fingerprint density at radius 3 is 2.56 bits per heavy atom. The van der Waals surface area contributed by atoms with Gasteiger partial charge < -0.3 is 0 Å². The van der Waals surface area contributed by atoms with Gasteiger partial charge >= 0.3 is 0 Å². The van der Waals surface area contributed by atoms with Crippen LogP contribution in [-0.2, 0) is 4.79 Å². The van der Waals surface area contributed by atoms with E-state index in [-0.39, 0.29) is 5.25 Å². The second kappa shape index (κ2) is 3.95. The zero-order chi connectivity index (χ0) is 11.0. The third-order valence-corrected chi connectivity index (χ3v) is 4.32. The van der Waals surface area contributed by atoms with Crippen molar-refractivity contribution in [2.45, 2.75) is 23.0 Å². The van der Waals surface area contributed by atoms with Crippen LogP contribution in [0.2, 0.25) is 0 Å². The van der Waals surface area contributed by atoms with Crippen LogP contribution < -0.4 is 0 Å². The van der Waals surface area contributed by atoms with Crippen LogP contribution in [0.3, 0.4) is 0 Å². The normalized spacial score (nSPS) is 19.8. The number of hydrogen-bond donors (Lipinski definition) is 0. The summed E-state index contributed by atoms with van der Waals surface area (Å²) in [5, 5.41) is 2.72. The zero-order valence-electron chi connectivity index (χ0n) is 8.85. The second-order valence-electron chi connectivity index (χ2n) is 4.12. The second-order valence-corrected chi connectivity index (χ2v) is 5.40. The molecule has 0 unspecified atom stereocenters. The molecule has 1 nitrogen and oxygen atoms in total. The summed E-state index contributed by atoms with van der Waals surface area (Å²) in [5.41, 5.74) is 0. The summed E-state index contributed by atoms with van der Waals surface area (Å²) in [4.78, 5) is 12.5.